The predicted octanol–water partition coefficient (Wildman–Crippen LogP) is 1.07. The third-order valence-corrected chi connectivity index (χ3v) is 2.25. The standard InChI is InChI=1S/C12H16N2O4/c1-8-5-4-6-9(2)11(8)18-7-10(15)13-14-12(16)17-3/h4-6H,7H2,1-3H3,(H,13,15)(H,14,16). The summed E-state index contributed by atoms with van der Waals surface area (Å²) in [6.45, 7) is 3.61. The van der Waals surface area contributed by atoms with Gasteiger partial charge in [-0.3, -0.25) is 10.2 Å². The molecule has 0 heterocycles. The van der Waals surface area contributed by atoms with E-state index in [1.807, 2.05) is 32.0 Å². The summed E-state index contributed by atoms with van der Waals surface area (Å²) >= 11 is 0. The van der Waals surface area contributed by atoms with Gasteiger partial charge in [0.15, 0.2) is 6.61 Å². The predicted molar refractivity (Wildman–Crippen MR) is 65.1 cm³/mol. The Bertz CT molecular complexity index is 425. The second-order valence-corrected chi connectivity index (χ2v) is 3.67. The summed E-state index contributed by atoms with van der Waals surface area (Å²) in [5.41, 5.74) is 6.11. The molecule has 18 heavy (non-hydrogen) atoms. The zero-order valence-corrected chi connectivity index (χ0v) is 10.6. The van der Waals surface area contributed by atoms with E-state index in [9.17, 15) is 9.59 Å². The number of aryl methyl sites for hydroxylation is 2. The molecular weight excluding hydrogens is 236 g/mol. The largest absolute Gasteiger partial charge is 0.483 e. The van der Waals surface area contributed by atoms with E-state index < -0.39 is 12.0 Å². The molecule has 6 heteroatoms. The minimum atomic E-state index is -0.740. The Morgan fingerprint density at radius 3 is 2.33 bits per heavy atom. The Labute approximate surface area is 105 Å². The highest BCUT2D eigenvalue weighted by Crippen LogP contribution is 2.21. The second kappa shape index (κ2) is 6.48. The summed E-state index contributed by atoms with van der Waals surface area (Å²) in [5.74, 6) is 0.203. The first-order valence-electron chi connectivity index (χ1n) is 5.36. The molecule has 0 atom stereocenters. The summed E-state index contributed by atoms with van der Waals surface area (Å²) in [4.78, 5) is 22.1. The van der Waals surface area contributed by atoms with Gasteiger partial charge in [0.2, 0.25) is 0 Å². The molecular formula is C12H16N2O4. The molecule has 2 amide bonds. The minimum absolute atomic E-state index is 0.185. The van der Waals surface area contributed by atoms with Crippen molar-refractivity contribution in [2.24, 2.45) is 0 Å². The zero-order chi connectivity index (χ0) is 13.5. The highest BCUT2D eigenvalue weighted by Gasteiger charge is 2.07. The van der Waals surface area contributed by atoms with Gasteiger partial charge in [-0.2, -0.15) is 0 Å². The van der Waals surface area contributed by atoms with Gasteiger partial charge in [0.25, 0.3) is 5.91 Å². The van der Waals surface area contributed by atoms with Crippen LogP contribution in [0.3, 0.4) is 0 Å². The van der Waals surface area contributed by atoms with Crippen LogP contribution in [-0.2, 0) is 9.53 Å². The fourth-order valence-corrected chi connectivity index (χ4v) is 1.37. The number of ether oxygens (including phenoxy) is 2. The van der Waals surface area contributed by atoms with Crippen LogP contribution in [0.1, 0.15) is 11.1 Å². The maximum atomic E-state index is 11.4. The topological polar surface area (TPSA) is 76.7 Å². The molecule has 0 aliphatic carbocycles. The normalized spacial score (nSPS) is 9.50. The summed E-state index contributed by atoms with van der Waals surface area (Å²) in [6, 6.07) is 5.70. The van der Waals surface area contributed by atoms with Gasteiger partial charge in [-0.25, -0.2) is 10.2 Å². The van der Waals surface area contributed by atoms with Crippen LogP contribution in [0.25, 0.3) is 0 Å². The SMILES string of the molecule is COC(=O)NNC(=O)COc1c(C)cccc1C. The van der Waals surface area contributed by atoms with Gasteiger partial charge in [-0.05, 0) is 25.0 Å². The van der Waals surface area contributed by atoms with E-state index in [-0.39, 0.29) is 6.61 Å². The van der Waals surface area contributed by atoms with Gasteiger partial charge in [0.1, 0.15) is 5.75 Å². The third kappa shape index (κ3) is 3.97. The Balaban J connectivity index is 2.45. The molecule has 1 aromatic carbocycles. The number of methoxy groups -OCH3 is 1. The molecule has 0 saturated carbocycles. The van der Waals surface area contributed by atoms with E-state index in [0.29, 0.717) is 5.75 Å². The lowest BCUT2D eigenvalue weighted by Gasteiger charge is -2.11. The first-order chi connectivity index (χ1) is 8.54. The van der Waals surface area contributed by atoms with E-state index in [1.54, 1.807) is 0 Å². The molecule has 0 bridgehead atoms. The third-order valence-electron chi connectivity index (χ3n) is 2.25. The molecule has 0 saturated heterocycles. The van der Waals surface area contributed by atoms with Gasteiger partial charge in [-0.1, -0.05) is 18.2 Å². The number of benzene rings is 1. The first kappa shape index (κ1) is 13.8. The summed E-state index contributed by atoms with van der Waals surface area (Å²) < 4.78 is 9.69. The second-order valence-electron chi connectivity index (χ2n) is 3.67. The van der Waals surface area contributed by atoms with Crippen LogP contribution in [0.2, 0.25) is 0 Å². The fourth-order valence-electron chi connectivity index (χ4n) is 1.37. The van der Waals surface area contributed by atoms with E-state index in [0.717, 1.165) is 11.1 Å². The van der Waals surface area contributed by atoms with Crippen molar-refractivity contribution >= 4 is 12.0 Å². The zero-order valence-electron chi connectivity index (χ0n) is 10.6. The van der Waals surface area contributed by atoms with Crippen molar-refractivity contribution in [2.45, 2.75) is 13.8 Å². The lowest BCUT2D eigenvalue weighted by atomic mass is 10.1. The molecule has 1 aromatic rings. The van der Waals surface area contributed by atoms with Gasteiger partial charge >= 0.3 is 6.09 Å². The monoisotopic (exact) mass is 252 g/mol. The number of carbonyl (C=O) groups excluding carboxylic acids is 2. The van der Waals surface area contributed by atoms with Crippen LogP contribution < -0.4 is 15.6 Å². The summed E-state index contributed by atoms with van der Waals surface area (Å²) in [7, 11) is 1.20. The van der Waals surface area contributed by atoms with Crippen molar-refractivity contribution in [3.05, 3.63) is 29.3 Å². The quantitative estimate of drug-likeness (QED) is 0.789. The van der Waals surface area contributed by atoms with E-state index in [2.05, 4.69) is 15.6 Å². The molecule has 6 nitrogen and oxygen atoms in total. The Hall–Kier alpha value is -2.24. The van der Waals surface area contributed by atoms with Gasteiger partial charge < -0.3 is 9.47 Å². The van der Waals surface area contributed by atoms with Crippen LogP contribution >= 0.6 is 0 Å². The molecule has 0 aliphatic rings. The maximum absolute atomic E-state index is 11.4. The van der Waals surface area contributed by atoms with Crippen molar-refractivity contribution in [2.75, 3.05) is 13.7 Å². The average molecular weight is 252 g/mol. The van der Waals surface area contributed by atoms with E-state index >= 15 is 0 Å². The van der Waals surface area contributed by atoms with Crippen LogP contribution in [-0.4, -0.2) is 25.7 Å². The maximum Gasteiger partial charge on any atom is 0.425 e. The van der Waals surface area contributed by atoms with Crippen molar-refractivity contribution in [3.63, 3.8) is 0 Å². The van der Waals surface area contributed by atoms with Crippen molar-refractivity contribution in [1.29, 1.82) is 0 Å². The number of para-hydroxylation sites is 1. The molecule has 0 aliphatic heterocycles. The molecule has 0 spiro atoms. The lowest BCUT2D eigenvalue weighted by molar-refractivity contribution is -0.123. The number of hydrazine groups is 1. The molecule has 98 valence electrons. The molecule has 2 N–H and O–H groups in total. The number of nitrogens with one attached hydrogen (secondary N) is 2. The molecule has 0 aromatic heterocycles. The average Bonchev–Trinajstić information content (AvgIpc) is 2.35. The number of hydrogen-bond donors (Lipinski definition) is 2. The van der Waals surface area contributed by atoms with E-state index in [1.165, 1.54) is 7.11 Å². The molecule has 0 unspecified atom stereocenters. The van der Waals surface area contributed by atoms with Crippen molar-refractivity contribution in [3.8, 4) is 5.75 Å². The lowest BCUT2D eigenvalue weighted by Crippen LogP contribution is -2.43. The Morgan fingerprint density at radius 2 is 1.78 bits per heavy atom. The van der Waals surface area contributed by atoms with Gasteiger partial charge in [0.05, 0.1) is 7.11 Å². The highest BCUT2D eigenvalue weighted by molar-refractivity contribution is 5.80. The van der Waals surface area contributed by atoms with Crippen molar-refractivity contribution < 1.29 is 19.1 Å². The van der Waals surface area contributed by atoms with Gasteiger partial charge in [0, 0.05) is 0 Å². The summed E-state index contributed by atoms with van der Waals surface area (Å²) in [5, 5.41) is 0. The van der Waals surface area contributed by atoms with Crippen LogP contribution in [0.4, 0.5) is 4.79 Å². The molecule has 0 radical (unpaired) electrons. The number of carbonyl (C=O) groups is 2. The highest BCUT2D eigenvalue weighted by atomic mass is 16.5. The van der Waals surface area contributed by atoms with Crippen LogP contribution in [0, 0.1) is 13.8 Å². The van der Waals surface area contributed by atoms with Crippen LogP contribution in [0.15, 0.2) is 18.2 Å². The minimum Gasteiger partial charge on any atom is -0.483 e. The number of rotatable bonds is 3. The van der Waals surface area contributed by atoms with Gasteiger partial charge in [-0.15, -0.1) is 0 Å². The van der Waals surface area contributed by atoms with Crippen LogP contribution in [0.5, 0.6) is 5.75 Å². The fraction of sp³-hybridized carbons (Fsp3) is 0.333. The summed E-state index contributed by atoms with van der Waals surface area (Å²) in [6.07, 6.45) is -0.740. The number of amides is 2. The smallest absolute Gasteiger partial charge is 0.425 e. The first-order valence-corrected chi connectivity index (χ1v) is 5.36. The van der Waals surface area contributed by atoms with E-state index in [4.69, 9.17) is 4.74 Å². The van der Waals surface area contributed by atoms with Crippen molar-refractivity contribution in [1.82, 2.24) is 10.9 Å². The molecule has 1 rings (SSSR count). The molecule has 0 fully saturated rings. The Morgan fingerprint density at radius 1 is 1.17 bits per heavy atom. The Kier molecular flexibility index (Phi) is 4.98. The number of hydrogen-bond acceptors (Lipinski definition) is 4.